The Kier molecular flexibility index (Phi) is 5.45. The van der Waals surface area contributed by atoms with E-state index < -0.39 is 12.6 Å². The summed E-state index contributed by atoms with van der Waals surface area (Å²) in [6.45, 7) is 8.15. The lowest BCUT2D eigenvalue weighted by Crippen LogP contribution is -2.35. The van der Waals surface area contributed by atoms with Crippen LogP contribution in [-0.4, -0.2) is 18.3 Å². The summed E-state index contributed by atoms with van der Waals surface area (Å²) in [6, 6.07) is 5.59. The first-order chi connectivity index (χ1) is 9.08. The fraction of sp³-hybridized carbons (Fsp3) is 0.600. The van der Waals surface area contributed by atoms with Crippen LogP contribution in [0.15, 0.2) is 18.2 Å². The summed E-state index contributed by atoms with van der Waals surface area (Å²) in [7, 11) is 0. The molecule has 1 N–H and O–H groups in total. The van der Waals surface area contributed by atoms with Crippen molar-refractivity contribution in [2.75, 3.05) is 6.61 Å². The molecule has 114 valence electrons. The number of rotatable bonds is 5. The van der Waals surface area contributed by atoms with Gasteiger partial charge in [-0.3, -0.25) is 0 Å². The number of para-hydroxylation sites is 1. The van der Waals surface area contributed by atoms with Crippen LogP contribution in [0.2, 0.25) is 0 Å². The monoisotopic (exact) mass is 289 g/mol. The molecule has 0 heterocycles. The lowest BCUT2D eigenvalue weighted by Gasteiger charge is -2.22. The van der Waals surface area contributed by atoms with Gasteiger partial charge in [-0.2, -0.15) is 13.2 Å². The molecule has 5 heteroatoms. The molecule has 0 spiro atoms. The number of hydrogen-bond donors (Lipinski definition) is 1. The van der Waals surface area contributed by atoms with Gasteiger partial charge in [0.1, 0.15) is 5.75 Å². The Morgan fingerprint density at radius 1 is 1.15 bits per heavy atom. The number of halogens is 3. The number of nitrogens with one attached hydrogen (secondary N) is 1. The van der Waals surface area contributed by atoms with E-state index >= 15 is 0 Å². The predicted molar refractivity (Wildman–Crippen MR) is 73.9 cm³/mol. The molecule has 1 rings (SSSR count). The molecule has 0 atom stereocenters. The van der Waals surface area contributed by atoms with Crippen LogP contribution in [0.4, 0.5) is 13.2 Å². The molecule has 0 aliphatic heterocycles. The van der Waals surface area contributed by atoms with Crippen LogP contribution in [0.1, 0.15) is 38.3 Å². The molecule has 1 aromatic rings. The molecular formula is C15H22F3NO. The second-order valence-corrected chi connectivity index (χ2v) is 5.88. The van der Waals surface area contributed by atoms with Crippen molar-refractivity contribution in [2.24, 2.45) is 0 Å². The third-order valence-electron chi connectivity index (χ3n) is 2.73. The molecule has 0 unspecified atom stereocenters. The van der Waals surface area contributed by atoms with Crippen molar-refractivity contribution in [3.05, 3.63) is 29.3 Å². The van der Waals surface area contributed by atoms with Crippen LogP contribution < -0.4 is 10.1 Å². The summed E-state index contributed by atoms with van der Waals surface area (Å²) in [5, 5.41) is 3.31. The predicted octanol–water partition coefficient (Wildman–Crippen LogP) is 4.21. The van der Waals surface area contributed by atoms with Gasteiger partial charge >= 0.3 is 6.18 Å². The van der Waals surface area contributed by atoms with Gasteiger partial charge in [-0.05, 0) is 33.3 Å². The third-order valence-corrected chi connectivity index (χ3v) is 2.73. The number of alkyl halides is 3. The highest BCUT2D eigenvalue weighted by Crippen LogP contribution is 2.26. The van der Waals surface area contributed by atoms with Crippen molar-refractivity contribution in [1.82, 2.24) is 5.32 Å². The number of ether oxygens (including phenoxy) is 1. The summed E-state index contributed by atoms with van der Waals surface area (Å²) < 4.78 is 41.9. The molecule has 0 aliphatic rings. The molecule has 0 radical (unpaired) electrons. The maximum atomic E-state index is 12.2. The lowest BCUT2D eigenvalue weighted by molar-refractivity contribution is -0.139. The van der Waals surface area contributed by atoms with Gasteiger partial charge in [-0.15, -0.1) is 0 Å². The SMILES string of the molecule is Cc1cccc(CNC(C)(C)C)c1OCCC(F)(F)F. The Balaban J connectivity index is 2.73. The van der Waals surface area contributed by atoms with E-state index in [1.807, 2.05) is 45.9 Å². The topological polar surface area (TPSA) is 21.3 Å². The Hall–Kier alpha value is -1.23. The number of benzene rings is 1. The molecule has 0 amide bonds. The first kappa shape index (κ1) is 16.8. The molecule has 0 fully saturated rings. The van der Waals surface area contributed by atoms with Gasteiger partial charge < -0.3 is 10.1 Å². The lowest BCUT2D eigenvalue weighted by atomic mass is 10.1. The quantitative estimate of drug-likeness (QED) is 0.876. The molecule has 0 saturated heterocycles. The third kappa shape index (κ3) is 6.28. The minimum absolute atomic E-state index is 0.0625. The average Bonchev–Trinajstić information content (AvgIpc) is 2.26. The van der Waals surface area contributed by atoms with E-state index in [4.69, 9.17) is 4.74 Å². The molecule has 0 bridgehead atoms. The standard InChI is InChI=1S/C15H22F3NO/c1-11-6-5-7-12(10-19-14(2,3)4)13(11)20-9-8-15(16,17)18/h5-7,19H,8-10H2,1-4H3. The Labute approximate surface area is 118 Å². The van der Waals surface area contributed by atoms with Gasteiger partial charge in [-0.25, -0.2) is 0 Å². The van der Waals surface area contributed by atoms with E-state index in [1.165, 1.54) is 0 Å². The van der Waals surface area contributed by atoms with Gasteiger partial charge in [0.2, 0.25) is 0 Å². The minimum atomic E-state index is -4.19. The maximum absolute atomic E-state index is 12.2. The van der Waals surface area contributed by atoms with E-state index in [9.17, 15) is 13.2 Å². The highest BCUT2D eigenvalue weighted by atomic mass is 19.4. The number of aryl methyl sites for hydroxylation is 1. The molecular weight excluding hydrogens is 267 g/mol. The Morgan fingerprint density at radius 2 is 1.80 bits per heavy atom. The molecule has 2 nitrogen and oxygen atoms in total. The second-order valence-electron chi connectivity index (χ2n) is 5.88. The van der Waals surface area contributed by atoms with Gasteiger partial charge in [-0.1, -0.05) is 18.2 Å². The zero-order valence-electron chi connectivity index (χ0n) is 12.4. The molecule has 0 aliphatic carbocycles. The van der Waals surface area contributed by atoms with Gasteiger partial charge in [0.25, 0.3) is 0 Å². The first-order valence-corrected chi connectivity index (χ1v) is 6.61. The van der Waals surface area contributed by atoms with E-state index in [0.717, 1.165) is 11.1 Å². The van der Waals surface area contributed by atoms with Crippen LogP contribution in [0.5, 0.6) is 5.75 Å². The van der Waals surface area contributed by atoms with Crippen LogP contribution in [0, 0.1) is 6.92 Å². The van der Waals surface area contributed by atoms with Crippen LogP contribution in [0.25, 0.3) is 0 Å². The van der Waals surface area contributed by atoms with Crippen molar-refractivity contribution in [1.29, 1.82) is 0 Å². The van der Waals surface area contributed by atoms with Gasteiger partial charge in [0.05, 0.1) is 13.0 Å². The maximum Gasteiger partial charge on any atom is 0.392 e. The smallest absolute Gasteiger partial charge is 0.392 e. The van der Waals surface area contributed by atoms with Gasteiger partial charge in [0.15, 0.2) is 0 Å². The summed E-state index contributed by atoms with van der Waals surface area (Å²) in [6.07, 6.45) is -5.13. The molecule has 0 aromatic heterocycles. The Morgan fingerprint density at radius 3 is 2.35 bits per heavy atom. The highest BCUT2D eigenvalue weighted by Gasteiger charge is 2.27. The van der Waals surface area contributed by atoms with Crippen molar-refractivity contribution in [3.8, 4) is 5.75 Å². The fourth-order valence-electron chi connectivity index (χ4n) is 1.69. The molecule has 1 aromatic carbocycles. The second kappa shape index (κ2) is 6.48. The van der Waals surface area contributed by atoms with Crippen molar-refractivity contribution in [2.45, 2.75) is 52.4 Å². The van der Waals surface area contributed by atoms with Crippen LogP contribution in [-0.2, 0) is 6.54 Å². The van der Waals surface area contributed by atoms with E-state index in [2.05, 4.69) is 5.32 Å². The average molecular weight is 289 g/mol. The largest absolute Gasteiger partial charge is 0.493 e. The zero-order valence-corrected chi connectivity index (χ0v) is 12.4. The first-order valence-electron chi connectivity index (χ1n) is 6.61. The summed E-state index contributed by atoms with van der Waals surface area (Å²) in [4.78, 5) is 0. The number of hydrogen-bond acceptors (Lipinski definition) is 2. The summed E-state index contributed by atoms with van der Waals surface area (Å²) in [5.41, 5.74) is 1.66. The molecule has 0 saturated carbocycles. The zero-order chi connectivity index (χ0) is 15.4. The molecule has 20 heavy (non-hydrogen) atoms. The van der Waals surface area contributed by atoms with E-state index in [1.54, 1.807) is 0 Å². The van der Waals surface area contributed by atoms with Crippen LogP contribution >= 0.6 is 0 Å². The summed E-state index contributed by atoms with van der Waals surface area (Å²) in [5.74, 6) is 0.550. The highest BCUT2D eigenvalue weighted by molar-refractivity contribution is 5.40. The summed E-state index contributed by atoms with van der Waals surface area (Å²) >= 11 is 0. The van der Waals surface area contributed by atoms with E-state index in [0.29, 0.717) is 12.3 Å². The van der Waals surface area contributed by atoms with Crippen LogP contribution in [0.3, 0.4) is 0 Å². The van der Waals surface area contributed by atoms with Crippen molar-refractivity contribution in [3.63, 3.8) is 0 Å². The minimum Gasteiger partial charge on any atom is -0.493 e. The Bertz CT molecular complexity index is 436. The van der Waals surface area contributed by atoms with Gasteiger partial charge in [0, 0.05) is 17.6 Å². The van der Waals surface area contributed by atoms with Crippen molar-refractivity contribution >= 4 is 0 Å². The fourth-order valence-corrected chi connectivity index (χ4v) is 1.69. The van der Waals surface area contributed by atoms with Crippen molar-refractivity contribution < 1.29 is 17.9 Å². The van der Waals surface area contributed by atoms with E-state index in [-0.39, 0.29) is 12.1 Å². The normalized spacial score (nSPS) is 12.6.